The van der Waals surface area contributed by atoms with Crippen molar-refractivity contribution in [3.05, 3.63) is 0 Å². The monoisotopic (exact) mass is 201 g/mol. The van der Waals surface area contributed by atoms with Crippen LogP contribution in [0.5, 0.6) is 0 Å². The number of rotatable bonds is 0. The van der Waals surface area contributed by atoms with Gasteiger partial charge in [0, 0.05) is 0 Å². The molecule has 0 aromatic heterocycles. The van der Waals surface area contributed by atoms with E-state index in [4.69, 9.17) is 0 Å². The molecule has 0 aliphatic heterocycles. The molecule has 0 atom stereocenters. The van der Waals surface area contributed by atoms with Crippen LogP contribution in [0.25, 0.3) is 0 Å². The van der Waals surface area contributed by atoms with E-state index in [0.29, 0.717) is 4.01 Å². The molecular weight excluding hydrogens is 193 g/mol. The van der Waals surface area contributed by atoms with Crippen LogP contribution in [0.3, 0.4) is 0 Å². The standard InChI is InChI=1S/C4H9.BrH.Zn/c1-4(2)3;;/h1-3H3;1H;. The van der Waals surface area contributed by atoms with Gasteiger partial charge in [0.25, 0.3) is 0 Å². The third kappa shape index (κ3) is 70.6. The molecule has 0 amide bonds. The molecule has 0 saturated carbocycles. The molecule has 0 spiro atoms. The van der Waals surface area contributed by atoms with Crippen molar-refractivity contribution in [2.75, 3.05) is 0 Å². The SMILES string of the molecule is Br.C[C](C)(C)[Zn]. The average Bonchev–Trinajstić information content (AvgIpc) is 0.722. The van der Waals surface area contributed by atoms with Crippen LogP contribution in [0.2, 0.25) is 4.01 Å². The van der Waals surface area contributed by atoms with E-state index in [1.165, 1.54) is 18.3 Å². The summed E-state index contributed by atoms with van der Waals surface area (Å²) in [4.78, 5) is 0. The van der Waals surface area contributed by atoms with Crippen molar-refractivity contribution in [1.29, 1.82) is 0 Å². The van der Waals surface area contributed by atoms with Gasteiger partial charge in [0.05, 0.1) is 0 Å². The molecule has 0 saturated heterocycles. The molecule has 0 radical (unpaired) electrons. The third-order valence-electron chi connectivity index (χ3n) is 0. The Labute approximate surface area is 60.1 Å². The number of halogens is 1. The quantitative estimate of drug-likeness (QED) is 0.530. The normalized spacial score (nSPS) is 10.2. The average molecular weight is 203 g/mol. The Bertz CT molecular complexity index is 23.0. The first-order valence-corrected chi connectivity index (χ1v) is 3.34. The molecule has 0 rings (SSSR count). The van der Waals surface area contributed by atoms with E-state index in [9.17, 15) is 0 Å². The van der Waals surface area contributed by atoms with Crippen molar-refractivity contribution in [1.82, 2.24) is 0 Å². The summed E-state index contributed by atoms with van der Waals surface area (Å²) in [5, 5.41) is 0. The Kier molecular flexibility index (Phi) is 5.33. The van der Waals surface area contributed by atoms with E-state index in [2.05, 4.69) is 20.8 Å². The van der Waals surface area contributed by atoms with Crippen LogP contribution in [0.4, 0.5) is 0 Å². The maximum absolute atomic E-state index is 2.24. The van der Waals surface area contributed by atoms with Crippen LogP contribution in [-0.4, -0.2) is 0 Å². The molecule has 0 aliphatic rings. The summed E-state index contributed by atoms with van der Waals surface area (Å²) >= 11 is 1.40. The summed E-state index contributed by atoms with van der Waals surface area (Å²) in [6.07, 6.45) is 0. The van der Waals surface area contributed by atoms with Crippen LogP contribution in [-0.2, 0) is 18.3 Å². The Balaban J connectivity index is 0. The Hall–Kier alpha value is 1.10. The van der Waals surface area contributed by atoms with Crippen molar-refractivity contribution < 1.29 is 18.3 Å². The van der Waals surface area contributed by atoms with Gasteiger partial charge in [-0.3, -0.25) is 0 Å². The molecule has 6 heavy (non-hydrogen) atoms. The van der Waals surface area contributed by atoms with Crippen LogP contribution in [0, 0.1) is 0 Å². The van der Waals surface area contributed by atoms with Crippen molar-refractivity contribution in [2.24, 2.45) is 0 Å². The van der Waals surface area contributed by atoms with Crippen LogP contribution in [0.1, 0.15) is 20.8 Å². The molecule has 0 N–H and O–H groups in total. The van der Waals surface area contributed by atoms with Gasteiger partial charge >= 0.3 is 43.1 Å². The van der Waals surface area contributed by atoms with Gasteiger partial charge < -0.3 is 0 Å². The Morgan fingerprint density at radius 2 is 1.17 bits per heavy atom. The molecule has 0 aliphatic carbocycles. The summed E-state index contributed by atoms with van der Waals surface area (Å²) in [5.41, 5.74) is 0. The fourth-order valence-corrected chi connectivity index (χ4v) is 0. The topological polar surface area (TPSA) is 0 Å². The summed E-state index contributed by atoms with van der Waals surface area (Å²) in [5.74, 6) is 0. The van der Waals surface area contributed by atoms with Gasteiger partial charge in [-0.2, -0.15) is 0 Å². The first kappa shape index (κ1) is 10.2. The summed E-state index contributed by atoms with van der Waals surface area (Å²) in [6, 6.07) is 0. The molecule has 0 fully saturated rings. The van der Waals surface area contributed by atoms with Crippen molar-refractivity contribution >= 4 is 17.0 Å². The summed E-state index contributed by atoms with van der Waals surface area (Å²) in [6.45, 7) is 6.73. The van der Waals surface area contributed by atoms with Gasteiger partial charge in [-0.1, -0.05) is 0 Å². The van der Waals surface area contributed by atoms with Crippen LogP contribution < -0.4 is 0 Å². The molecule has 0 bridgehead atoms. The van der Waals surface area contributed by atoms with E-state index < -0.39 is 0 Å². The molecule has 0 aromatic carbocycles. The van der Waals surface area contributed by atoms with Gasteiger partial charge in [0.2, 0.25) is 0 Å². The van der Waals surface area contributed by atoms with E-state index in [1.807, 2.05) is 0 Å². The zero-order valence-corrected chi connectivity index (χ0v) is 9.30. The van der Waals surface area contributed by atoms with Crippen molar-refractivity contribution in [3.8, 4) is 0 Å². The zero-order chi connectivity index (χ0) is 4.50. The van der Waals surface area contributed by atoms with Gasteiger partial charge in [0.15, 0.2) is 0 Å². The second-order valence-electron chi connectivity index (χ2n) is 2.56. The fraction of sp³-hybridized carbons (Fsp3) is 1.00. The Morgan fingerprint density at radius 1 is 1.17 bits per heavy atom. The van der Waals surface area contributed by atoms with E-state index in [-0.39, 0.29) is 17.0 Å². The van der Waals surface area contributed by atoms with Crippen molar-refractivity contribution in [2.45, 2.75) is 24.8 Å². The van der Waals surface area contributed by atoms with Gasteiger partial charge in [-0.15, -0.1) is 17.0 Å². The molecule has 0 nitrogen and oxygen atoms in total. The maximum atomic E-state index is 2.24. The fourth-order valence-electron chi connectivity index (χ4n) is 0. The molecule has 35 valence electrons. The Morgan fingerprint density at radius 3 is 1.17 bits per heavy atom. The van der Waals surface area contributed by atoms with Gasteiger partial charge in [-0.25, -0.2) is 0 Å². The zero-order valence-electron chi connectivity index (χ0n) is 4.62. The second kappa shape index (κ2) is 3.15. The summed E-state index contributed by atoms with van der Waals surface area (Å²) < 4.78 is 0.625. The van der Waals surface area contributed by atoms with Gasteiger partial charge in [-0.05, 0) is 0 Å². The second-order valence-corrected chi connectivity index (χ2v) is 7.01. The van der Waals surface area contributed by atoms with E-state index in [0.717, 1.165) is 0 Å². The predicted molar refractivity (Wildman–Crippen MR) is 30.0 cm³/mol. The third-order valence-corrected chi connectivity index (χ3v) is 0. The number of hydrogen-bond donors (Lipinski definition) is 0. The van der Waals surface area contributed by atoms with Crippen molar-refractivity contribution in [3.63, 3.8) is 0 Å². The number of hydrogen-bond acceptors (Lipinski definition) is 0. The first-order chi connectivity index (χ1) is 2.00. The molecule has 0 unspecified atom stereocenters. The predicted octanol–water partition coefficient (Wildman–Crippen LogP) is 2.33. The first-order valence-electron chi connectivity index (χ1n) is 1.85. The van der Waals surface area contributed by atoms with E-state index >= 15 is 0 Å². The summed E-state index contributed by atoms with van der Waals surface area (Å²) in [7, 11) is 0. The minimum atomic E-state index is 0. The van der Waals surface area contributed by atoms with Gasteiger partial charge in [0.1, 0.15) is 0 Å². The molecular formula is C4H10BrZn. The van der Waals surface area contributed by atoms with E-state index in [1.54, 1.807) is 0 Å². The van der Waals surface area contributed by atoms with Crippen LogP contribution >= 0.6 is 17.0 Å². The minimum absolute atomic E-state index is 0. The molecule has 2 heteroatoms. The van der Waals surface area contributed by atoms with Crippen LogP contribution in [0.15, 0.2) is 0 Å². The molecule has 0 aromatic rings. The molecule has 0 heterocycles.